The van der Waals surface area contributed by atoms with E-state index in [-0.39, 0.29) is 17.2 Å². The Labute approximate surface area is 137 Å². The van der Waals surface area contributed by atoms with Crippen molar-refractivity contribution in [1.29, 1.82) is 0 Å². The number of amides is 1. The molecule has 3 rings (SSSR count). The third-order valence-corrected chi connectivity index (χ3v) is 6.13. The van der Waals surface area contributed by atoms with Gasteiger partial charge in [-0.15, -0.1) is 11.3 Å². The van der Waals surface area contributed by atoms with Crippen LogP contribution in [0.15, 0.2) is 9.95 Å². The molecular weight excluding hydrogens is 318 g/mol. The van der Waals surface area contributed by atoms with Gasteiger partial charge in [0.05, 0.1) is 11.1 Å². The zero-order valence-corrected chi connectivity index (χ0v) is 14.4. The molecule has 0 radical (unpaired) electrons. The summed E-state index contributed by atoms with van der Waals surface area (Å²) in [5.41, 5.74) is 1.26. The van der Waals surface area contributed by atoms with Crippen molar-refractivity contribution in [1.82, 2.24) is 14.9 Å². The minimum atomic E-state index is -0.0625. The van der Waals surface area contributed by atoms with Crippen LogP contribution in [0.3, 0.4) is 0 Å². The summed E-state index contributed by atoms with van der Waals surface area (Å²) in [6.07, 6.45) is 4.39. The maximum atomic E-state index is 12.8. The van der Waals surface area contributed by atoms with E-state index in [0.717, 1.165) is 29.5 Å². The van der Waals surface area contributed by atoms with Crippen molar-refractivity contribution >= 4 is 39.2 Å². The van der Waals surface area contributed by atoms with Gasteiger partial charge in [0, 0.05) is 18.5 Å². The standard InChI is InChI=1S/C15H19N3O2S2/c1-3-18-14(20)12-9-6-4-5-7-10(9)22-13(12)17-15(18)21-8-11(19)16-2/h3-8H2,1-2H3,(H,16,19). The fourth-order valence-corrected chi connectivity index (χ4v) is 5.05. The Morgan fingerprint density at radius 3 is 2.91 bits per heavy atom. The van der Waals surface area contributed by atoms with Gasteiger partial charge >= 0.3 is 0 Å². The molecule has 0 aromatic carbocycles. The highest BCUT2D eigenvalue weighted by atomic mass is 32.2. The first kappa shape index (κ1) is 15.6. The third kappa shape index (κ3) is 2.67. The first-order valence-electron chi connectivity index (χ1n) is 7.54. The van der Waals surface area contributed by atoms with Gasteiger partial charge in [0.2, 0.25) is 5.91 Å². The second kappa shape index (κ2) is 6.42. The molecule has 0 spiro atoms. The lowest BCUT2D eigenvalue weighted by molar-refractivity contribution is -0.118. The summed E-state index contributed by atoms with van der Waals surface area (Å²) in [5.74, 6) is 0.215. The number of carbonyl (C=O) groups is 1. The van der Waals surface area contributed by atoms with Crippen molar-refractivity contribution in [3.05, 3.63) is 20.8 Å². The predicted molar refractivity (Wildman–Crippen MR) is 91.0 cm³/mol. The van der Waals surface area contributed by atoms with E-state index in [2.05, 4.69) is 10.3 Å². The topological polar surface area (TPSA) is 64.0 Å². The SMILES string of the molecule is CCn1c(SCC(=O)NC)nc2sc3c(c2c1=O)CCCC3. The van der Waals surface area contributed by atoms with E-state index in [4.69, 9.17) is 0 Å². The van der Waals surface area contributed by atoms with Crippen molar-refractivity contribution in [2.24, 2.45) is 0 Å². The third-order valence-electron chi connectivity index (χ3n) is 3.97. The molecule has 2 aromatic rings. The maximum Gasteiger partial charge on any atom is 0.263 e. The summed E-state index contributed by atoms with van der Waals surface area (Å²) in [7, 11) is 1.61. The molecule has 5 nitrogen and oxygen atoms in total. The number of aryl methyl sites for hydroxylation is 2. The molecule has 1 amide bonds. The molecule has 0 aliphatic heterocycles. The lowest BCUT2D eigenvalue weighted by Crippen LogP contribution is -2.24. The number of nitrogens with one attached hydrogen (secondary N) is 1. The summed E-state index contributed by atoms with van der Waals surface area (Å²) < 4.78 is 1.69. The summed E-state index contributed by atoms with van der Waals surface area (Å²) in [6.45, 7) is 2.51. The molecule has 2 aromatic heterocycles. The first-order chi connectivity index (χ1) is 10.7. The average molecular weight is 337 g/mol. The van der Waals surface area contributed by atoms with Gasteiger partial charge in [0.1, 0.15) is 4.83 Å². The quantitative estimate of drug-likeness (QED) is 0.686. The summed E-state index contributed by atoms with van der Waals surface area (Å²) in [5, 5.41) is 4.04. The number of hydrogen-bond donors (Lipinski definition) is 1. The maximum absolute atomic E-state index is 12.8. The van der Waals surface area contributed by atoms with Gasteiger partial charge in [-0.3, -0.25) is 14.2 Å². The Balaban J connectivity index is 2.10. The van der Waals surface area contributed by atoms with Crippen LogP contribution in [0.2, 0.25) is 0 Å². The average Bonchev–Trinajstić information content (AvgIpc) is 2.91. The second-order valence-corrected chi connectivity index (χ2v) is 7.32. The molecule has 0 unspecified atom stereocenters. The van der Waals surface area contributed by atoms with Crippen molar-refractivity contribution in [2.75, 3.05) is 12.8 Å². The number of thiophene rings is 1. The molecule has 22 heavy (non-hydrogen) atoms. The zero-order valence-electron chi connectivity index (χ0n) is 12.8. The van der Waals surface area contributed by atoms with Gasteiger partial charge in [-0.2, -0.15) is 0 Å². The van der Waals surface area contributed by atoms with Gasteiger partial charge in [0.25, 0.3) is 5.56 Å². The van der Waals surface area contributed by atoms with Gasteiger partial charge in [-0.25, -0.2) is 4.98 Å². The van der Waals surface area contributed by atoms with Crippen molar-refractivity contribution < 1.29 is 4.79 Å². The monoisotopic (exact) mass is 337 g/mol. The Morgan fingerprint density at radius 2 is 2.18 bits per heavy atom. The fourth-order valence-electron chi connectivity index (χ4n) is 2.81. The normalized spacial score (nSPS) is 14.1. The molecule has 1 N–H and O–H groups in total. The molecule has 118 valence electrons. The highest BCUT2D eigenvalue weighted by Crippen LogP contribution is 2.34. The van der Waals surface area contributed by atoms with Crippen molar-refractivity contribution in [3.63, 3.8) is 0 Å². The molecule has 7 heteroatoms. The van der Waals surface area contributed by atoms with E-state index in [0.29, 0.717) is 11.7 Å². The first-order valence-corrected chi connectivity index (χ1v) is 9.34. The smallest absolute Gasteiger partial charge is 0.263 e. The molecule has 0 saturated heterocycles. The molecule has 0 saturated carbocycles. The summed E-state index contributed by atoms with van der Waals surface area (Å²) >= 11 is 2.97. The summed E-state index contributed by atoms with van der Waals surface area (Å²) in [4.78, 5) is 31.1. The minimum Gasteiger partial charge on any atom is -0.358 e. The number of carbonyl (C=O) groups excluding carboxylic acids is 1. The van der Waals surface area contributed by atoms with Crippen LogP contribution in [0.4, 0.5) is 0 Å². The van der Waals surface area contributed by atoms with Gasteiger partial charge in [0.15, 0.2) is 5.16 Å². The number of aromatic nitrogens is 2. The minimum absolute atomic E-state index is 0.0475. The van der Waals surface area contributed by atoms with Crippen LogP contribution < -0.4 is 10.9 Å². The number of nitrogens with zero attached hydrogens (tertiary/aromatic N) is 2. The van der Waals surface area contributed by atoms with E-state index in [1.807, 2.05) is 6.92 Å². The number of hydrogen-bond acceptors (Lipinski definition) is 5. The van der Waals surface area contributed by atoms with E-state index >= 15 is 0 Å². The highest BCUT2D eigenvalue weighted by molar-refractivity contribution is 7.99. The second-order valence-electron chi connectivity index (χ2n) is 5.30. The molecule has 1 aliphatic carbocycles. The van der Waals surface area contributed by atoms with Gasteiger partial charge < -0.3 is 5.32 Å². The fraction of sp³-hybridized carbons (Fsp3) is 0.533. The van der Waals surface area contributed by atoms with Crippen LogP contribution in [-0.4, -0.2) is 28.3 Å². The lowest BCUT2D eigenvalue weighted by atomic mass is 9.97. The van der Waals surface area contributed by atoms with Crippen LogP contribution in [0.5, 0.6) is 0 Å². The number of rotatable bonds is 4. The van der Waals surface area contributed by atoms with E-state index in [9.17, 15) is 9.59 Å². The lowest BCUT2D eigenvalue weighted by Gasteiger charge is -2.12. The van der Waals surface area contributed by atoms with Crippen molar-refractivity contribution in [3.8, 4) is 0 Å². The molecule has 1 aliphatic rings. The molecule has 2 heterocycles. The van der Waals surface area contributed by atoms with Crippen LogP contribution >= 0.6 is 23.1 Å². The van der Waals surface area contributed by atoms with Crippen LogP contribution in [0, 0.1) is 0 Å². The van der Waals surface area contributed by atoms with E-state index < -0.39 is 0 Å². The predicted octanol–water partition coefficient (Wildman–Crippen LogP) is 2.19. The Hall–Kier alpha value is -1.34. The van der Waals surface area contributed by atoms with Crippen LogP contribution in [-0.2, 0) is 24.2 Å². The van der Waals surface area contributed by atoms with Crippen LogP contribution in [0.25, 0.3) is 10.2 Å². The Kier molecular flexibility index (Phi) is 4.54. The zero-order chi connectivity index (χ0) is 15.7. The molecule has 0 atom stereocenters. The Bertz CT molecular complexity index is 779. The largest absolute Gasteiger partial charge is 0.358 e. The molecule has 0 fully saturated rings. The molecular formula is C15H19N3O2S2. The van der Waals surface area contributed by atoms with Crippen LogP contribution in [0.1, 0.15) is 30.2 Å². The highest BCUT2D eigenvalue weighted by Gasteiger charge is 2.21. The number of fused-ring (bicyclic) bond motifs is 3. The number of thioether (sulfide) groups is 1. The van der Waals surface area contributed by atoms with E-state index in [1.54, 1.807) is 23.0 Å². The van der Waals surface area contributed by atoms with Gasteiger partial charge in [-0.05, 0) is 38.2 Å². The van der Waals surface area contributed by atoms with Gasteiger partial charge in [-0.1, -0.05) is 11.8 Å². The summed E-state index contributed by atoms with van der Waals surface area (Å²) in [6, 6.07) is 0. The van der Waals surface area contributed by atoms with E-state index in [1.165, 1.54) is 28.6 Å². The Morgan fingerprint density at radius 1 is 1.41 bits per heavy atom. The van der Waals surface area contributed by atoms with Crippen molar-refractivity contribution in [2.45, 2.75) is 44.3 Å². The molecule has 0 bridgehead atoms.